The summed E-state index contributed by atoms with van der Waals surface area (Å²) >= 11 is 1.09. The van der Waals surface area contributed by atoms with E-state index in [1.807, 2.05) is 10.8 Å². The van der Waals surface area contributed by atoms with Gasteiger partial charge in [-0.3, -0.25) is 9.69 Å². The zero-order valence-corrected chi connectivity index (χ0v) is 19.2. The van der Waals surface area contributed by atoms with Crippen LogP contribution in [0.1, 0.15) is 27.2 Å². The maximum atomic E-state index is 13.0. The Hall–Kier alpha value is -4.01. The van der Waals surface area contributed by atoms with Crippen molar-refractivity contribution in [3.8, 4) is 6.07 Å². The number of thiazole rings is 1. The van der Waals surface area contributed by atoms with E-state index in [0.29, 0.717) is 22.1 Å². The number of nitriles is 1. The predicted octanol–water partition coefficient (Wildman–Crippen LogP) is 2.29. The van der Waals surface area contributed by atoms with Gasteiger partial charge in [0.25, 0.3) is 5.91 Å². The first-order chi connectivity index (χ1) is 16.5. The van der Waals surface area contributed by atoms with Gasteiger partial charge in [0.2, 0.25) is 0 Å². The summed E-state index contributed by atoms with van der Waals surface area (Å²) in [5.41, 5.74) is 1.28. The average Bonchev–Trinajstić information content (AvgIpc) is 3.56. The van der Waals surface area contributed by atoms with Gasteiger partial charge in [0.1, 0.15) is 4.88 Å². The number of rotatable bonds is 11. The van der Waals surface area contributed by atoms with E-state index < -0.39 is 12.1 Å². The van der Waals surface area contributed by atoms with Crippen LogP contribution >= 0.6 is 11.3 Å². The van der Waals surface area contributed by atoms with Crippen molar-refractivity contribution in [1.82, 2.24) is 25.2 Å². The van der Waals surface area contributed by atoms with Crippen LogP contribution in [0.4, 0.5) is 9.93 Å². The molecular weight excluding hydrogens is 454 g/mol. The highest BCUT2D eigenvalue weighted by Gasteiger charge is 2.23. The SMILES string of the molecule is C=C[C@@H](CO)NC(=O)N(Cc1ccc(C#N)cc1)c1ncc(C(=O)NCCCn2ccnc2)s1. The van der Waals surface area contributed by atoms with Gasteiger partial charge in [0.15, 0.2) is 5.13 Å². The van der Waals surface area contributed by atoms with E-state index in [-0.39, 0.29) is 19.1 Å². The molecule has 0 spiro atoms. The summed E-state index contributed by atoms with van der Waals surface area (Å²) in [5, 5.41) is 24.3. The highest BCUT2D eigenvalue weighted by Crippen LogP contribution is 2.25. The average molecular weight is 480 g/mol. The van der Waals surface area contributed by atoms with Gasteiger partial charge < -0.3 is 20.3 Å². The normalized spacial score (nSPS) is 11.3. The molecule has 2 heterocycles. The minimum atomic E-state index is -0.630. The number of benzene rings is 1. The van der Waals surface area contributed by atoms with Gasteiger partial charge in [-0.15, -0.1) is 6.58 Å². The van der Waals surface area contributed by atoms with E-state index in [0.717, 1.165) is 29.9 Å². The summed E-state index contributed by atoms with van der Waals surface area (Å²) in [6, 6.07) is 7.75. The molecule has 0 bridgehead atoms. The first-order valence-corrected chi connectivity index (χ1v) is 11.4. The molecule has 1 aromatic carbocycles. The van der Waals surface area contributed by atoms with Crippen LogP contribution in [0, 0.1) is 11.3 Å². The molecule has 11 heteroatoms. The van der Waals surface area contributed by atoms with E-state index in [1.54, 1.807) is 36.8 Å². The van der Waals surface area contributed by atoms with Crippen molar-refractivity contribution < 1.29 is 14.7 Å². The summed E-state index contributed by atoms with van der Waals surface area (Å²) in [6.07, 6.45) is 8.89. The van der Waals surface area contributed by atoms with Crippen LogP contribution in [0.3, 0.4) is 0 Å². The van der Waals surface area contributed by atoms with Crippen molar-refractivity contribution >= 4 is 28.4 Å². The van der Waals surface area contributed by atoms with E-state index in [2.05, 4.69) is 33.2 Å². The number of aliphatic hydroxyl groups excluding tert-OH is 1. The second-order valence-electron chi connectivity index (χ2n) is 7.29. The highest BCUT2D eigenvalue weighted by atomic mass is 32.1. The molecule has 0 unspecified atom stereocenters. The fourth-order valence-electron chi connectivity index (χ4n) is 2.97. The number of aryl methyl sites for hydroxylation is 1. The predicted molar refractivity (Wildman–Crippen MR) is 128 cm³/mol. The minimum Gasteiger partial charge on any atom is -0.394 e. The Labute approximate surface area is 201 Å². The Morgan fingerprint density at radius 2 is 2.15 bits per heavy atom. The summed E-state index contributed by atoms with van der Waals surface area (Å²) in [5.74, 6) is -0.271. The number of nitrogens with one attached hydrogen (secondary N) is 2. The van der Waals surface area contributed by atoms with Crippen molar-refractivity contribution in [3.05, 3.63) is 77.8 Å². The van der Waals surface area contributed by atoms with Gasteiger partial charge in [-0.05, 0) is 24.1 Å². The summed E-state index contributed by atoms with van der Waals surface area (Å²) in [4.78, 5) is 35.5. The fraction of sp³-hybridized carbons (Fsp3) is 0.261. The van der Waals surface area contributed by atoms with Crippen molar-refractivity contribution in [3.63, 3.8) is 0 Å². The summed E-state index contributed by atoms with van der Waals surface area (Å²) in [6.45, 7) is 4.68. The second-order valence-corrected chi connectivity index (χ2v) is 8.30. The zero-order valence-electron chi connectivity index (χ0n) is 18.4. The first kappa shape index (κ1) is 24.6. The molecular formula is C23H25N7O3S. The lowest BCUT2D eigenvalue weighted by Crippen LogP contribution is -2.45. The molecule has 3 N–H and O–H groups in total. The number of anilines is 1. The number of carbonyl (C=O) groups excluding carboxylic acids is 2. The molecule has 176 valence electrons. The Morgan fingerprint density at radius 1 is 1.35 bits per heavy atom. The number of carbonyl (C=O) groups is 2. The number of aromatic nitrogens is 3. The van der Waals surface area contributed by atoms with Crippen molar-refractivity contribution in [2.45, 2.75) is 25.6 Å². The Kier molecular flexibility index (Phi) is 8.90. The smallest absolute Gasteiger partial charge is 0.324 e. The summed E-state index contributed by atoms with van der Waals surface area (Å²) < 4.78 is 1.93. The van der Waals surface area contributed by atoms with E-state index in [9.17, 15) is 14.7 Å². The molecule has 1 atom stereocenters. The molecule has 10 nitrogen and oxygen atoms in total. The molecule has 0 fully saturated rings. The standard InChI is InChI=1S/C23H25N7O3S/c1-2-19(15-31)28-22(33)30(14-18-6-4-17(12-24)5-7-18)23-27-13-20(34-23)21(32)26-8-3-10-29-11-9-25-16-29/h2,4-7,9,11,13,16,19,31H,1,3,8,10,14-15H2,(H,26,32)(H,28,33)/t19-/m0/s1. The second kappa shape index (κ2) is 12.3. The van der Waals surface area contributed by atoms with E-state index in [1.165, 1.54) is 17.2 Å². The Morgan fingerprint density at radius 3 is 2.79 bits per heavy atom. The molecule has 2 aromatic heterocycles. The largest absolute Gasteiger partial charge is 0.394 e. The minimum absolute atomic E-state index is 0.159. The third kappa shape index (κ3) is 6.74. The van der Waals surface area contributed by atoms with Crippen LogP contribution in [-0.2, 0) is 13.1 Å². The molecule has 0 aliphatic rings. The highest BCUT2D eigenvalue weighted by molar-refractivity contribution is 7.17. The molecule has 0 saturated carbocycles. The molecule has 3 amide bonds. The van der Waals surface area contributed by atoms with Gasteiger partial charge in [0.05, 0.1) is 43.4 Å². The molecule has 34 heavy (non-hydrogen) atoms. The van der Waals surface area contributed by atoms with Crippen LogP contribution in [-0.4, -0.2) is 50.8 Å². The first-order valence-electron chi connectivity index (χ1n) is 10.5. The number of imidazole rings is 1. The number of amides is 3. The van der Waals surface area contributed by atoms with Crippen molar-refractivity contribution in [2.75, 3.05) is 18.1 Å². The maximum absolute atomic E-state index is 13.0. The van der Waals surface area contributed by atoms with Gasteiger partial charge >= 0.3 is 6.03 Å². The number of nitrogens with zero attached hydrogens (tertiary/aromatic N) is 5. The van der Waals surface area contributed by atoms with Crippen LogP contribution in [0.25, 0.3) is 0 Å². The molecule has 0 saturated heterocycles. The van der Waals surface area contributed by atoms with Gasteiger partial charge in [-0.25, -0.2) is 14.8 Å². The lowest BCUT2D eigenvalue weighted by molar-refractivity contribution is 0.0956. The monoisotopic (exact) mass is 479 g/mol. The molecule has 3 rings (SSSR count). The third-order valence-corrected chi connectivity index (χ3v) is 5.86. The third-order valence-electron chi connectivity index (χ3n) is 4.84. The molecule has 0 aliphatic heterocycles. The Balaban J connectivity index is 1.69. The van der Waals surface area contributed by atoms with Crippen molar-refractivity contribution in [1.29, 1.82) is 5.26 Å². The van der Waals surface area contributed by atoms with Gasteiger partial charge in [-0.2, -0.15) is 5.26 Å². The lowest BCUT2D eigenvalue weighted by atomic mass is 10.1. The van der Waals surface area contributed by atoms with Crippen molar-refractivity contribution in [2.24, 2.45) is 0 Å². The Bertz CT molecular complexity index is 1140. The quantitative estimate of drug-likeness (QED) is 0.285. The fourth-order valence-corrected chi connectivity index (χ4v) is 3.80. The molecule has 0 aliphatic carbocycles. The van der Waals surface area contributed by atoms with Crippen LogP contribution in [0.5, 0.6) is 0 Å². The number of aliphatic hydroxyl groups is 1. The van der Waals surface area contributed by atoms with Crippen LogP contribution < -0.4 is 15.5 Å². The number of urea groups is 1. The maximum Gasteiger partial charge on any atom is 0.324 e. The van der Waals surface area contributed by atoms with Gasteiger partial charge in [-0.1, -0.05) is 29.5 Å². The van der Waals surface area contributed by atoms with E-state index >= 15 is 0 Å². The lowest BCUT2D eigenvalue weighted by Gasteiger charge is -2.23. The number of hydrogen-bond donors (Lipinski definition) is 3. The van der Waals surface area contributed by atoms with Gasteiger partial charge in [0, 0.05) is 25.5 Å². The van der Waals surface area contributed by atoms with Crippen LogP contribution in [0.2, 0.25) is 0 Å². The van der Waals surface area contributed by atoms with E-state index in [4.69, 9.17) is 5.26 Å². The zero-order chi connectivity index (χ0) is 24.3. The van der Waals surface area contributed by atoms with Crippen LogP contribution in [0.15, 0.2) is 61.8 Å². The summed E-state index contributed by atoms with van der Waals surface area (Å²) in [7, 11) is 0. The number of hydrogen-bond acceptors (Lipinski definition) is 7. The molecule has 0 radical (unpaired) electrons. The molecule has 3 aromatic rings. The topological polar surface area (TPSA) is 136 Å².